The van der Waals surface area contributed by atoms with Crippen LogP contribution in [0.15, 0.2) is 18.3 Å². The van der Waals surface area contributed by atoms with E-state index < -0.39 is 6.09 Å². The number of anilines is 1. The van der Waals surface area contributed by atoms with Gasteiger partial charge in [0.05, 0.1) is 25.0 Å². The molecule has 0 saturated carbocycles. The fourth-order valence-corrected chi connectivity index (χ4v) is 2.74. The van der Waals surface area contributed by atoms with E-state index in [2.05, 4.69) is 10.4 Å². The van der Waals surface area contributed by atoms with Gasteiger partial charge in [-0.2, -0.15) is 5.10 Å². The minimum Gasteiger partial charge on any atom is -0.492 e. The molecule has 3 rings (SSSR count). The van der Waals surface area contributed by atoms with Crippen LogP contribution in [0, 0.1) is 0 Å². The van der Waals surface area contributed by atoms with Crippen molar-refractivity contribution in [2.45, 2.75) is 18.9 Å². The average molecular weight is 291 g/mol. The molecule has 0 aliphatic carbocycles. The molecule has 1 aliphatic rings. The van der Waals surface area contributed by atoms with Gasteiger partial charge in [0.1, 0.15) is 5.52 Å². The largest absolute Gasteiger partial charge is 0.492 e. The lowest BCUT2D eigenvalue weighted by atomic mass is 10.1. The second-order valence-electron chi connectivity index (χ2n) is 4.95. The zero-order valence-corrected chi connectivity index (χ0v) is 11.7. The highest BCUT2D eigenvalue weighted by molar-refractivity contribution is 5.95. The molecule has 2 aromatic rings. The van der Waals surface area contributed by atoms with Crippen molar-refractivity contribution in [3.8, 4) is 5.75 Å². The van der Waals surface area contributed by atoms with Gasteiger partial charge in [-0.25, -0.2) is 4.79 Å². The molecule has 2 heterocycles. The Labute approximate surface area is 121 Å². The van der Waals surface area contributed by atoms with Crippen molar-refractivity contribution >= 4 is 22.7 Å². The number of methoxy groups -OCH3 is 1. The van der Waals surface area contributed by atoms with Crippen molar-refractivity contribution in [1.29, 1.82) is 0 Å². The molecule has 0 bridgehead atoms. The van der Waals surface area contributed by atoms with Crippen molar-refractivity contribution < 1.29 is 19.4 Å². The number of rotatable bonds is 3. The van der Waals surface area contributed by atoms with Gasteiger partial charge in [0.25, 0.3) is 0 Å². The van der Waals surface area contributed by atoms with Crippen molar-refractivity contribution in [3.63, 3.8) is 0 Å². The van der Waals surface area contributed by atoms with E-state index in [1.54, 1.807) is 12.3 Å². The molecule has 1 fully saturated rings. The standard InChI is InChI=1S/C14H17N3O4/c1-20-13-11(16-14(18)19)3-2-9-8-15-17(12(9)13)10-4-6-21-7-5-10/h2-3,8,10,16H,4-7H2,1H3,(H,18,19). The maximum atomic E-state index is 10.9. The normalized spacial score (nSPS) is 16.0. The number of hydrogen-bond acceptors (Lipinski definition) is 4. The molecular weight excluding hydrogens is 274 g/mol. The van der Waals surface area contributed by atoms with E-state index in [0.717, 1.165) is 23.7 Å². The highest BCUT2D eigenvalue weighted by atomic mass is 16.5. The molecule has 1 aliphatic heterocycles. The molecule has 0 atom stereocenters. The van der Waals surface area contributed by atoms with Gasteiger partial charge < -0.3 is 14.6 Å². The second-order valence-corrected chi connectivity index (χ2v) is 4.95. The third kappa shape index (κ3) is 2.52. The molecule has 0 unspecified atom stereocenters. The lowest BCUT2D eigenvalue weighted by Gasteiger charge is -2.24. The summed E-state index contributed by atoms with van der Waals surface area (Å²) in [5.74, 6) is 0.499. The molecular formula is C14H17N3O4. The third-order valence-corrected chi connectivity index (χ3v) is 3.70. The Hall–Kier alpha value is -2.28. The Kier molecular flexibility index (Phi) is 3.66. The second kappa shape index (κ2) is 5.61. The molecule has 1 saturated heterocycles. The quantitative estimate of drug-likeness (QED) is 0.907. The average Bonchev–Trinajstić information content (AvgIpc) is 2.91. The highest BCUT2D eigenvalue weighted by Gasteiger charge is 2.22. The molecule has 1 aromatic carbocycles. The van der Waals surface area contributed by atoms with Gasteiger partial charge >= 0.3 is 6.09 Å². The summed E-state index contributed by atoms with van der Waals surface area (Å²) in [5, 5.41) is 16.7. The SMILES string of the molecule is COc1c(NC(=O)O)ccc2cnn(C3CCOCC3)c12. The number of aromatic nitrogens is 2. The van der Waals surface area contributed by atoms with Gasteiger partial charge in [0, 0.05) is 18.6 Å². The zero-order chi connectivity index (χ0) is 14.8. The monoisotopic (exact) mass is 291 g/mol. The van der Waals surface area contributed by atoms with E-state index in [4.69, 9.17) is 14.6 Å². The predicted molar refractivity (Wildman–Crippen MR) is 77.0 cm³/mol. The van der Waals surface area contributed by atoms with Gasteiger partial charge in [-0.15, -0.1) is 0 Å². The lowest BCUT2D eigenvalue weighted by molar-refractivity contribution is 0.0674. The first kappa shape index (κ1) is 13.7. The lowest BCUT2D eigenvalue weighted by Crippen LogP contribution is -2.20. The first-order valence-corrected chi connectivity index (χ1v) is 6.82. The van der Waals surface area contributed by atoms with Gasteiger partial charge in [0.2, 0.25) is 0 Å². The van der Waals surface area contributed by atoms with E-state index in [1.165, 1.54) is 7.11 Å². The van der Waals surface area contributed by atoms with Crippen LogP contribution in [-0.2, 0) is 4.74 Å². The summed E-state index contributed by atoms with van der Waals surface area (Å²) in [4.78, 5) is 10.9. The molecule has 0 spiro atoms. The minimum atomic E-state index is -1.12. The van der Waals surface area contributed by atoms with Crippen LogP contribution in [0.4, 0.5) is 10.5 Å². The first-order chi connectivity index (χ1) is 10.2. The van der Waals surface area contributed by atoms with Crippen LogP contribution in [0.1, 0.15) is 18.9 Å². The molecule has 1 amide bonds. The van der Waals surface area contributed by atoms with Crippen LogP contribution >= 0.6 is 0 Å². The molecule has 21 heavy (non-hydrogen) atoms. The van der Waals surface area contributed by atoms with Gasteiger partial charge in [-0.1, -0.05) is 0 Å². The van der Waals surface area contributed by atoms with Crippen molar-refractivity contribution in [1.82, 2.24) is 9.78 Å². The Morgan fingerprint density at radius 2 is 2.24 bits per heavy atom. The minimum absolute atomic E-state index is 0.241. The maximum absolute atomic E-state index is 10.9. The van der Waals surface area contributed by atoms with Gasteiger partial charge in [-0.3, -0.25) is 10.00 Å². The molecule has 7 heteroatoms. The molecule has 0 radical (unpaired) electrons. The first-order valence-electron chi connectivity index (χ1n) is 6.82. The zero-order valence-electron chi connectivity index (χ0n) is 11.7. The molecule has 2 N–H and O–H groups in total. The summed E-state index contributed by atoms with van der Waals surface area (Å²) >= 11 is 0. The maximum Gasteiger partial charge on any atom is 0.409 e. The highest BCUT2D eigenvalue weighted by Crippen LogP contribution is 2.36. The Morgan fingerprint density at radius 3 is 2.90 bits per heavy atom. The number of fused-ring (bicyclic) bond motifs is 1. The summed E-state index contributed by atoms with van der Waals surface area (Å²) < 4.78 is 12.7. The van der Waals surface area contributed by atoms with E-state index in [0.29, 0.717) is 24.7 Å². The van der Waals surface area contributed by atoms with E-state index in [1.807, 2.05) is 10.7 Å². The topological polar surface area (TPSA) is 85.6 Å². The van der Waals surface area contributed by atoms with E-state index in [9.17, 15) is 4.79 Å². The third-order valence-electron chi connectivity index (χ3n) is 3.70. The van der Waals surface area contributed by atoms with Crippen molar-refractivity contribution in [2.75, 3.05) is 25.6 Å². The summed E-state index contributed by atoms with van der Waals surface area (Å²) in [6.45, 7) is 1.42. The van der Waals surface area contributed by atoms with Crippen molar-refractivity contribution in [2.24, 2.45) is 0 Å². The van der Waals surface area contributed by atoms with Gasteiger partial charge in [0.15, 0.2) is 5.75 Å². The summed E-state index contributed by atoms with van der Waals surface area (Å²) in [6, 6.07) is 3.77. The number of amides is 1. The smallest absolute Gasteiger partial charge is 0.409 e. The van der Waals surface area contributed by atoms with Crippen LogP contribution in [0.25, 0.3) is 10.9 Å². The van der Waals surface area contributed by atoms with Crippen LogP contribution in [0.2, 0.25) is 0 Å². The number of carboxylic acid groups (broad SMARTS) is 1. The van der Waals surface area contributed by atoms with Crippen LogP contribution < -0.4 is 10.1 Å². The summed E-state index contributed by atoms with van der Waals surface area (Å²) in [5.41, 5.74) is 1.24. The number of benzene rings is 1. The number of ether oxygens (including phenoxy) is 2. The van der Waals surface area contributed by atoms with E-state index >= 15 is 0 Å². The van der Waals surface area contributed by atoms with Crippen molar-refractivity contribution in [3.05, 3.63) is 18.3 Å². The molecule has 7 nitrogen and oxygen atoms in total. The molecule has 112 valence electrons. The van der Waals surface area contributed by atoms with Crippen LogP contribution in [0.5, 0.6) is 5.75 Å². The number of carbonyl (C=O) groups is 1. The summed E-state index contributed by atoms with van der Waals surface area (Å²) in [7, 11) is 1.53. The number of nitrogens with zero attached hydrogens (tertiary/aromatic N) is 2. The Morgan fingerprint density at radius 1 is 1.48 bits per heavy atom. The molecule has 1 aromatic heterocycles. The number of hydrogen-bond donors (Lipinski definition) is 2. The number of nitrogens with one attached hydrogen (secondary N) is 1. The van der Waals surface area contributed by atoms with E-state index in [-0.39, 0.29) is 6.04 Å². The Balaban J connectivity index is 2.10. The summed E-state index contributed by atoms with van der Waals surface area (Å²) in [6.07, 6.45) is 2.43. The van der Waals surface area contributed by atoms with Crippen LogP contribution in [0.3, 0.4) is 0 Å². The fraction of sp³-hybridized carbons (Fsp3) is 0.429. The van der Waals surface area contributed by atoms with Gasteiger partial charge in [-0.05, 0) is 25.0 Å². The van der Waals surface area contributed by atoms with Crippen LogP contribution in [-0.4, -0.2) is 41.3 Å². The predicted octanol–water partition coefficient (Wildman–Crippen LogP) is 2.49. The Bertz CT molecular complexity index is 662. The fourth-order valence-electron chi connectivity index (χ4n) is 2.74.